The lowest BCUT2D eigenvalue weighted by Gasteiger charge is -2.38. The molecule has 18 N–H and O–H groups in total. The molecule has 3 heterocycles. The molecular weight excluding hydrogens is 1430 g/mol. The molecule has 1 aliphatic carbocycles. The first-order valence-corrected chi connectivity index (χ1v) is 38.0. The number of aliphatic imine (C=N–C) groups is 1. The Kier molecular flexibility index (Phi) is 36.8. The lowest BCUT2D eigenvalue weighted by molar-refractivity contribution is -0.149. The molecule has 602 valence electrons. The molecule has 3 aliphatic heterocycles. The Hall–Kier alpha value is -8.16. The topological polar surface area (TPSA) is 531 Å². The molecule has 0 bridgehead atoms. The number of nitrogens with zero attached hydrogens (tertiary/aromatic N) is 4. The Balaban J connectivity index is 1.56. The van der Waals surface area contributed by atoms with Gasteiger partial charge in [-0.25, -0.2) is 4.79 Å². The molecule has 0 aromatic carbocycles. The molecule has 0 aromatic rings. The van der Waals surface area contributed by atoms with Crippen LogP contribution >= 0.6 is 25.3 Å². The van der Waals surface area contributed by atoms with Crippen molar-refractivity contribution in [2.45, 2.75) is 261 Å². The van der Waals surface area contributed by atoms with E-state index in [-0.39, 0.29) is 69.3 Å². The van der Waals surface area contributed by atoms with Crippen LogP contribution in [0.25, 0.3) is 0 Å². The van der Waals surface area contributed by atoms with Gasteiger partial charge in [0.05, 0.1) is 32.0 Å². The van der Waals surface area contributed by atoms with Crippen molar-refractivity contribution in [3.63, 3.8) is 0 Å². The van der Waals surface area contributed by atoms with Crippen molar-refractivity contribution < 1.29 is 92.3 Å². The summed E-state index contributed by atoms with van der Waals surface area (Å²) < 4.78 is -1.34. The summed E-state index contributed by atoms with van der Waals surface area (Å²) in [6.45, 7) is 16.5. The smallest absolute Gasteiger partial charge is 0.326 e. The van der Waals surface area contributed by atoms with Gasteiger partial charge in [-0.05, 0) is 102 Å². The van der Waals surface area contributed by atoms with Crippen molar-refractivity contribution >= 4 is 120 Å². The zero-order valence-corrected chi connectivity index (χ0v) is 65.0. The first-order valence-electron chi connectivity index (χ1n) is 36.9. The molecule has 0 aromatic heterocycles. The molecule has 0 spiro atoms. The number of likely N-dealkylation sites (tertiary alicyclic amines) is 2. The van der Waals surface area contributed by atoms with Gasteiger partial charge in [-0.1, -0.05) is 99.6 Å². The number of amides is 13. The van der Waals surface area contributed by atoms with Crippen molar-refractivity contribution in [3.8, 4) is 0 Å². The highest BCUT2D eigenvalue weighted by Gasteiger charge is 2.52. The summed E-state index contributed by atoms with van der Waals surface area (Å²) in [4.78, 5) is 216. The molecule has 2 saturated heterocycles. The van der Waals surface area contributed by atoms with Crippen LogP contribution in [0.2, 0.25) is 0 Å². The fraction of sp³-hybridized carbons (Fsp3) is 0.743. The third-order valence-electron chi connectivity index (χ3n) is 20.3. The molecule has 0 unspecified atom stereocenters. The number of fused-ring (bicyclic) bond motifs is 1. The van der Waals surface area contributed by atoms with E-state index in [9.17, 15) is 78.0 Å². The summed E-state index contributed by atoms with van der Waals surface area (Å²) in [5.74, 6) is -16.1. The van der Waals surface area contributed by atoms with E-state index in [2.05, 4.69) is 70.8 Å². The van der Waals surface area contributed by atoms with Gasteiger partial charge in [0.1, 0.15) is 78.5 Å². The van der Waals surface area contributed by atoms with Gasteiger partial charge in [0.15, 0.2) is 0 Å². The first kappa shape index (κ1) is 91.2. The maximum absolute atomic E-state index is 15.4. The molecule has 4 aliphatic rings. The second kappa shape index (κ2) is 43.1. The number of hydrogen-bond donors (Lipinski definition) is 18. The largest absolute Gasteiger partial charge is 0.481 e. The van der Waals surface area contributed by atoms with Crippen LogP contribution in [0.5, 0.6) is 0 Å². The number of nitrogens with two attached hydrogens (primary N) is 2. The molecule has 35 nitrogen and oxygen atoms in total. The zero-order valence-electron chi connectivity index (χ0n) is 63.2. The van der Waals surface area contributed by atoms with Crippen LogP contribution in [0.1, 0.15) is 166 Å². The van der Waals surface area contributed by atoms with Crippen LogP contribution < -0.4 is 64.6 Å². The van der Waals surface area contributed by atoms with Crippen LogP contribution in [0.4, 0.5) is 0 Å². The van der Waals surface area contributed by atoms with Gasteiger partial charge in [-0.2, -0.15) is 25.3 Å². The number of carbonyl (C=O) groups excluding carboxylic acids is 13. The van der Waals surface area contributed by atoms with Crippen molar-refractivity contribution in [2.75, 3.05) is 38.6 Å². The Bertz CT molecular complexity index is 3210. The van der Waals surface area contributed by atoms with Gasteiger partial charge in [0.2, 0.25) is 76.8 Å². The average molecular weight is 1550 g/mol. The maximum Gasteiger partial charge on any atom is 0.326 e. The standard InChI is InChI=1S/C70H116N16O19S2/c1-12-36(6)52(80-56(91)39(9)72)63(98)79-46(33-106)60(95)78-44(31-87)58(93)74-41(21-17-25-73-34-71)57(92)77-45(32-88)59(94)75-42(28-35(4)5)66(101)85-27-19-24-49(85)67(102)86-47-22-16-15-20-40(47)29-50(86)62(97)81-53(37(7)13-2)64(99)83-55(70(10,11)107)65(100)82-54(38(8)14-3)68(103)84-26-18-23-48(84)61(96)76-43(69(104)105)30-51(89)90/h19,24,34-50,52-55,87-88,106-107H,12-18,20-23,25-33,72H2,1-11H3,(H2,71,73)(H,74,93)(H,75,94)(H,76,96)(H,77,92)(H,78,95)(H,79,98)(H,80,91)(H,81,97)(H,82,100)(H,83,99)(H,89,90)(H,104,105)/t36-,37-,38-,39-,40-,41-,42-,43-,44-,45-,46-,47-,48-,49-,50-,52-,53-,54-,55+/m0/s1. The van der Waals surface area contributed by atoms with Gasteiger partial charge < -0.3 is 99.8 Å². The van der Waals surface area contributed by atoms with Gasteiger partial charge in [0.25, 0.3) is 0 Å². The van der Waals surface area contributed by atoms with Gasteiger partial charge in [-0.3, -0.25) is 72.1 Å². The molecule has 13 amide bonds. The van der Waals surface area contributed by atoms with E-state index >= 15 is 14.4 Å². The van der Waals surface area contributed by atoms with Crippen molar-refractivity contribution in [1.29, 1.82) is 0 Å². The van der Waals surface area contributed by atoms with E-state index < -0.39 is 221 Å². The quantitative estimate of drug-likeness (QED) is 0.00967. The van der Waals surface area contributed by atoms with E-state index in [4.69, 9.17) is 24.1 Å². The van der Waals surface area contributed by atoms with E-state index in [1.54, 1.807) is 75.3 Å². The lowest BCUT2D eigenvalue weighted by Crippen LogP contribution is -2.64. The third-order valence-corrected chi connectivity index (χ3v) is 20.9. The van der Waals surface area contributed by atoms with E-state index in [1.807, 2.05) is 0 Å². The highest BCUT2D eigenvalue weighted by atomic mass is 32.1. The SMILES string of the molecule is CC[C@H](C)[C@H](NC(=O)[C@H](C)N)C(=O)N[C@@H](CS)C(=O)N[C@@H](CO)C(=O)N[C@@H](CCCN=CN)C(=O)N[C@@H](CO)C(=O)N[C@@H](CC(C)C)C(=O)N1CC=C[C@H]1C(=O)N1[C@H](C(=O)N[C@H](C(=O)N[C@H](C(=O)N[C@H](C(=O)N2CCC[C@H]2C(=O)N[C@@H](CC(=O)O)C(=O)O)[C@@H](C)CC)C(C)(C)S)[C@@H](C)CC)C[C@@H]2CCCC[C@@H]21. The number of rotatable bonds is 42. The van der Waals surface area contributed by atoms with E-state index in [0.717, 1.165) is 12.8 Å². The number of carboxylic acids is 2. The third kappa shape index (κ3) is 25.7. The normalized spacial score (nSPS) is 21.7. The second-order valence-corrected chi connectivity index (χ2v) is 30.9. The predicted molar refractivity (Wildman–Crippen MR) is 399 cm³/mol. The van der Waals surface area contributed by atoms with Crippen LogP contribution in [0.15, 0.2) is 17.1 Å². The van der Waals surface area contributed by atoms with Crippen molar-refractivity contribution in [2.24, 2.45) is 46.0 Å². The highest BCUT2D eigenvalue weighted by Crippen LogP contribution is 2.41. The van der Waals surface area contributed by atoms with Gasteiger partial charge in [0, 0.05) is 36.2 Å². The summed E-state index contributed by atoms with van der Waals surface area (Å²) in [6, 6.07) is -19.8. The maximum atomic E-state index is 15.4. The number of carboxylic acid groups (broad SMARTS) is 2. The summed E-state index contributed by atoms with van der Waals surface area (Å²) in [5.41, 5.74) is 11.1. The summed E-state index contributed by atoms with van der Waals surface area (Å²) >= 11 is 8.91. The number of thiol groups is 2. The molecule has 0 radical (unpaired) electrons. The fourth-order valence-corrected chi connectivity index (χ4v) is 13.9. The van der Waals surface area contributed by atoms with Crippen LogP contribution in [0, 0.1) is 29.6 Å². The molecular formula is C70H116N16O19S2. The van der Waals surface area contributed by atoms with Crippen molar-refractivity contribution in [3.05, 3.63) is 12.2 Å². The monoisotopic (exact) mass is 1550 g/mol. The first-order chi connectivity index (χ1) is 50.3. The number of aliphatic hydroxyl groups excluding tert-OH is 2. The fourth-order valence-electron chi connectivity index (χ4n) is 13.5. The molecule has 3 fully saturated rings. The van der Waals surface area contributed by atoms with E-state index in [0.29, 0.717) is 44.9 Å². The molecule has 107 heavy (non-hydrogen) atoms. The summed E-state index contributed by atoms with van der Waals surface area (Å²) in [6.07, 6.45) is 7.62. The molecule has 19 atom stereocenters. The van der Waals surface area contributed by atoms with Crippen LogP contribution in [-0.4, -0.2) is 264 Å². The summed E-state index contributed by atoms with van der Waals surface area (Å²) in [5, 5.41) is 65.5. The van der Waals surface area contributed by atoms with Gasteiger partial charge in [-0.15, -0.1) is 0 Å². The number of nitrogens with one attached hydrogen (secondary N) is 10. The second-order valence-electron chi connectivity index (χ2n) is 29.3. The summed E-state index contributed by atoms with van der Waals surface area (Å²) in [7, 11) is 0. The van der Waals surface area contributed by atoms with Gasteiger partial charge >= 0.3 is 11.9 Å². The Morgan fingerprint density at radius 3 is 1.64 bits per heavy atom. The average Bonchev–Trinajstić information content (AvgIpc) is 1.63. The minimum atomic E-state index is -1.78. The number of hydrogen-bond acceptors (Lipinski definition) is 21. The Morgan fingerprint density at radius 1 is 0.589 bits per heavy atom. The molecule has 4 rings (SSSR count). The lowest BCUT2D eigenvalue weighted by atomic mass is 9.84. The number of aliphatic hydroxyl groups is 2. The van der Waals surface area contributed by atoms with Crippen molar-refractivity contribution in [1.82, 2.24) is 67.9 Å². The van der Waals surface area contributed by atoms with Crippen LogP contribution in [0.3, 0.4) is 0 Å². The molecule has 37 heteroatoms. The Labute approximate surface area is 635 Å². The predicted octanol–water partition coefficient (Wildman–Crippen LogP) is -2.77. The zero-order chi connectivity index (χ0) is 80.5. The highest BCUT2D eigenvalue weighted by molar-refractivity contribution is 7.81. The number of carbonyl (C=O) groups is 15. The van der Waals surface area contributed by atoms with Crippen LogP contribution in [-0.2, 0) is 71.9 Å². The Morgan fingerprint density at radius 2 is 1.10 bits per heavy atom. The number of aliphatic carboxylic acids is 2. The minimum absolute atomic E-state index is 0.0131. The molecule has 1 saturated carbocycles. The minimum Gasteiger partial charge on any atom is -0.481 e. The van der Waals surface area contributed by atoms with E-state index in [1.165, 1.54) is 27.7 Å².